The lowest BCUT2D eigenvalue weighted by atomic mass is 10.1. The fraction of sp³-hybridized carbons (Fsp3) is 0.160. The van der Waals surface area contributed by atoms with E-state index in [-0.39, 0.29) is 17.6 Å². The van der Waals surface area contributed by atoms with Crippen molar-refractivity contribution < 1.29 is 9.59 Å². The molecule has 0 aliphatic heterocycles. The first-order valence-electron chi connectivity index (χ1n) is 10.7. The molecule has 1 heterocycles. The molecule has 0 aliphatic rings. The average molecular weight is 473 g/mol. The number of tetrazole rings is 1. The quantitative estimate of drug-likeness (QED) is 0.377. The third-order valence-corrected chi connectivity index (χ3v) is 5.96. The number of carbonyl (C=O) groups is 2. The number of hydrogen-bond donors (Lipinski definition) is 2. The lowest BCUT2D eigenvalue weighted by molar-refractivity contribution is -0.113. The smallest absolute Gasteiger partial charge is 0.253 e. The Balaban J connectivity index is 1.37. The first kappa shape index (κ1) is 23.2. The molecule has 4 rings (SSSR count). The van der Waals surface area contributed by atoms with Crippen molar-refractivity contribution in [1.82, 2.24) is 25.5 Å². The molecule has 0 radical (unpaired) electrons. The Labute approximate surface area is 201 Å². The highest BCUT2D eigenvalue weighted by Crippen LogP contribution is 2.20. The highest BCUT2D eigenvalue weighted by atomic mass is 32.2. The maximum atomic E-state index is 12.8. The van der Waals surface area contributed by atoms with Gasteiger partial charge in [0.2, 0.25) is 11.1 Å². The number of benzene rings is 3. The van der Waals surface area contributed by atoms with E-state index in [9.17, 15) is 9.59 Å². The van der Waals surface area contributed by atoms with Gasteiger partial charge in [-0.2, -0.15) is 4.68 Å². The predicted octanol–water partition coefficient (Wildman–Crippen LogP) is 3.94. The normalized spacial score (nSPS) is 10.6. The number of amides is 2. The van der Waals surface area contributed by atoms with E-state index in [1.807, 2.05) is 62.4 Å². The van der Waals surface area contributed by atoms with Gasteiger partial charge in [-0.25, -0.2) is 0 Å². The summed E-state index contributed by atoms with van der Waals surface area (Å²) in [5.74, 6) is -0.430. The van der Waals surface area contributed by atoms with Gasteiger partial charge in [0.15, 0.2) is 0 Å². The Bertz CT molecular complexity index is 1300. The minimum atomic E-state index is -0.262. The van der Waals surface area contributed by atoms with Gasteiger partial charge in [0.05, 0.1) is 22.7 Å². The maximum Gasteiger partial charge on any atom is 0.253 e. The Morgan fingerprint density at radius 2 is 1.74 bits per heavy atom. The summed E-state index contributed by atoms with van der Waals surface area (Å²) in [5.41, 5.74) is 4.92. The summed E-state index contributed by atoms with van der Waals surface area (Å²) in [6, 6.07) is 22.7. The predicted molar refractivity (Wildman–Crippen MR) is 132 cm³/mol. The van der Waals surface area contributed by atoms with Crippen LogP contribution in [-0.4, -0.2) is 37.8 Å². The molecule has 34 heavy (non-hydrogen) atoms. The number of anilines is 1. The van der Waals surface area contributed by atoms with Crippen LogP contribution in [0.25, 0.3) is 5.69 Å². The van der Waals surface area contributed by atoms with Crippen molar-refractivity contribution in [2.75, 3.05) is 11.1 Å². The number of para-hydroxylation sites is 1. The molecule has 0 spiro atoms. The van der Waals surface area contributed by atoms with Gasteiger partial charge < -0.3 is 10.6 Å². The third kappa shape index (κ3) is 5.87. The molecule has 172 valence electrons. The molecule has 4 aromatic rings. The minimum Gasteiger partial charge on any atom is -0.348 e. The number of nitrogens with one attached hydrogen (secondary N) is 2. The first-order chi connectivity index (χ1) is 16.5. The molecule has 2 amide bonds. The first-order valence-corrected chi connectivity index (χ1v) is 11.7. The molecule has 0 bridgehead atoms. The SMILES string of the molecule is Cc1ccc(CNC(=O)c2ccccc2NC(=O)CSc2nnnn2-c2cccc(C)c2)cc1. The molecule has 9 heteroatoms. The van der Waals surface area contributed by atoms with E-state index in [0.29, 0.717) is 23.0 Å². The molecule has 0 atom stereocenters. The zero-order chi connectivity index (χ0) is 23.9. The number of thioether (sulfide) groups is 1. The lowest BCUT2D eigenvalue weighted by Gasteiger charge is -2.12. The lowest BCUT2D eigenvalue weighted by Crippen LogP contribution is -2.25. The van der Waals surface area contributed by atoms with Gasteiger partial charge >= 0.3 is 0 Å². The number of carbonyl (C=O) groups excluding carboxylic acids is 2. The second-order valence-electron chi connectivity index (χ2n) is 7.76. The molecule has 8 nitrogen and oxygen atoms in total. The van der Waals surface area contributed by atoms with Crippen molar-refractivity contribution in [2.45, 2.75) is 25.5 Å². The summed E-state index contributed by atoms with van der Waals surface area (Å²) in [4.78, 5) is 25.4. The van der Waals surface area contributed by atoms with Crippen LogP contribution in [0.1, 0.15) is 27.0 Å². The van der Waals surface area contributed by atoms with Crippen molar-refractivity contribution >= 4 is 29.3 Å². The van der Waals surface area contributed by atoms with Crippen LogP contribution in [0, 0.1) is 13.8 Å². The number of nitrogens with zero attached hydrogens (tertiary/aromatic N) is 4. The van der Waals surface area contributed by atoms with Crippen LogP contribution in [0.3, 0.4) is 0 Å². The number of hydrogen-bond acceptors (Lipinski definition) is 6. The van der Waals surface area contributed by atoms with Crippen LogP contribution in [-0.2, 0) is 11.3 Å². The van der Waals surface area contributed by atoms with Crippen LogP contribution < -0.4 is 10.6 Å². The summed E-state index contributed by atoms with van der Waals surface area (Å²) in [5, 5.41) is 18.0. The summed E-state index contributed by atoms with van der Waals surface area (Å²) in [7, 11) is 0. The van der Waals surface area contributed by atoms with Crippen molar-refractivity contribution in [3.63, 3.8) is 0 Å². The van der Waals surface area contributed by atoms with Gasteiger partial charge in [0.25, 0.3) is 5.91 Å². The maximum absolute atomic E-state index is 12.8. The molecule has 0 fully saturated rings. The van der Waals surface area contributed by atoms with E-state index in [0.717, 1.165) is 22.4 Å². The largest absolute Gasteiger partial charge is 0.348 e. The van der Waals surface area contributed by atoms with E-state index in [1.165, 1.54) is 11.8 Å². The Morgan fingerprint density at radius 3 is 2.53 bits per heavy atom. The van der Waals surface area contributed by atoms with Gasteiger partial charge in [-0.3, -0.25) is 9.59 Å². The molecule has 3 aromatic carbocycles. The average Bonchev–Trinajstić information content (AvgIpc) is 3.31. The fourth-order valence-corrected chi connectivity index (χ4v) is 3.97. The number of rotatable bonds is 8. The zero-order valence-electron chi connectivity index (χ0n) is 18.9. The number of aromatic nitrogens is 4. The highest BCUT2D eigenvalue weighted by Gasteiger charge is 2.15. The molecular formula is C25H24N6O2S. The van der Waals surface area contributed by atoms with Gasteiger partial charge in [-0.1, -0.05) is 65.9 Å². The molecule has 0 saturated carbocycles. The molecule has 0 aliphatic carbocycles. The molecule has 0 saturated heterocycles. The van der Waals surface area contributed by atoms with Crippen LogP contribution in [0.5, 0.6) is 0 Å². The molecule has 0 unspecified atom stereocenters. The second kappa shape index (κ2) is 10.8. The fourth-order valence-electron chi connectivity index (χ4n) is 3.28. The Morgan fingerprint density at radius 1 is 0.941 bits per heavy atom. The van der Waals surface area contributed by atoms with Crippen molar-refractivity contribution in [3.8, 4) is 5.69 Å². The van der Waals surface area contributed by atoms with Gasteiger partial charge in [0.1, 0.15) is 0 Å². The van der Waals surface area contributed by atoms with Crippen molar-refractivity contribution in [2.24, 2.45) is 0 Å². The van der Waals surface area contributed by atoms with Gasteiger partial charge in [0, 0.05) is 6.54 Å². The van der Waals surface area contributed by atoms with E-state index in [2.05, 4.69) is 26.2 Å². The Kier molecular flexibility index (Phi) is 7.34. The van der Waals surface area contributed by atoms with Crippen LogP contribution in [0.4, 0.5) is 5.69 Å². The van der Waals surface area contributed by atoms with Crippen LogP contribution in [0.2, 0.25) is 0 Å². The minimum absolute atomic E-state index is 0.0888. The van der Waals surface area contributed by atoms with E-state index < -0.39 is 0 Å². The van der Waals surface area contributed by atoms with E-state index >= 15 is 0 Å². The second-order valence-corrected chi connectivity index (χ2v) is 8.71. The summed E-state index contributed by atoms with van der Waals surface area (Å²) in [6.45, 7) is 4.41. The molecular weight excluding hydrogens is 448 g/mol. The van der Waals surface area contributed by atoms with Gasteiger partial charge in [-0.05, 0) is 59.7 Å². The van der Waals surface area contributed by atoms with Crippen LogP contribution >= 0.6 is 11.8 Å². The zero-order valence-corrected chi connectivity index (χ0v) is 19.7. The van der Waals surface area contributed by atoms with Gasteiger partial charge in [-0.15, -0.1) is 5.10 Å². The summed E-state index contributed by atoms with van der Waals surface area (Å²) >= 11 is 1.22. The standard InChI is InChI=1S/C25H24N6O2S/c1-17-10-12-19(13-11-17)15-26-24(33)21-8-3-4-9-22(21)27-23(32)16-34-25-28-29-30-31(25)20-7-5-6-18(2)14-20/h3-14H,15-16H2,1-2H3,(H,26,33)(H,27,32). The van der Waals surface area contributed by atoms with E-state index in [4.69, 9.17) is 0 Å². The number of aryl methyl sites for hydroxylation is 2. The third-order valence-electron chi connectivity index (χ3n) is 5.04. The van der Waals surface area contributed by atoms with Crippen LogP contribution in [0.15, 0.2) is 78.0 Å². The summed E-state index contributed by atoms with van der Waals surface area (Å²) < 4.78 is 1.59. The monoisotopic (exact) mass is 472 g/mol. The van der Waals surface area contributed by atoms with E-state index in [1.54, 1.807) is 28.9 Å². The van der Waals surface area contributed by atoms with Crippen molar-refractivity contribution in [3.05, 3.63) is 95.1 Å². The molecule has 2 N–H and O–H groups in total. The highest BCUT2D eigenvalue weighted by molar-refractivity contribution is 7.99. The summed E-state index contributed by atoms with van der Waals surface area (Å²) in [6.07, 6.45) is 0. The molecule has 1 aromatic heterocycles. The Hall–Kier alpha value is -3.98. The van der Waals surface area contributed by atoms with Crippen molar-refractivity contribution in [1.29, 1.82) is 0 Å². The topological polar surface area (TPSA) is 102 Å².